The van der Waals surface area contributed by atoms with Crippen molar-refractivity contribution in [2.45, 2.75) is 37.4 Å². The summed E-state index contributed by atoms with van der Waals surface area (Å²) in [6, 6.07) is 10.6. The number of carbonyl (C=O) groups excluding carboxylic acids is 1. The zero-order chi connectivity index (χ0) is 20.9. The van der Waals surface area contributed by atoms with Gasteiger partial charge in [-0.2, -0.15) is 13.2 Å². The number of sulfonamides is 1. The maximum atomic E-state index is 12.7. The number of hydrogen-bond donors (Lipinski definition) is 2. The number of halogens is 3. The van der Waals surface area contributed by atoms with Crippen molar-refractivity contribution in [3.05, 3.63) is 65.2 Å². The molecule has 1 atom stereocenters. The minimum Gasteiger partial charge on any atom is -0.348 e. The number of alkyl halides is 3. The van der Waals surface area contributed by atoms with E-state index >= 15 is 0 Å². The lowest BCUT2D eigenvalue weighted by Gasteiger charge is -2.15. The van der Waals surface area contributed by atoms with Crippen molar-refractivity contribution in [3.63, 3.8) is 0 Å². The fraction of sp³-hybridized carbons (Fsp3) is 0.316. The number of amides is 1. The van der Waals surface area contributed by atoms with Crippen LogP contribution in [0.2, 0.25) is 0 Å². The molecule has 0 bridgehead atoms. The largest absolute Gasteiger partial charge is 0.416 e. The quantitative estimate of drug-likeness (QED) is 0.729. The number of hydrogen-bond acceptors (Lipinski definition) is 3. The Morgan fingerprint density at radius 2 is 1.75 bits per heavy atom. The van der Waals surface area contributed by atoms with Gasteiger partial charge in [0, 0.05) is 0 Å². The zero-order valence-electron chi connectivity index (χ0n) is 15.4. The van der Waals surface area contributed by atoms with Crippen LogP contribution in [0.15, 0.2) is 53.4 Å². The highest BCUT2D eigenvalue weighted by molar-refractivity contribution is 7.89. The van der Waals surface area contributed by atoms with Crippen LogP contribution < -0.4 is 10.0 Å². The number of benzene rings is 2. The zero-order valence-corrected chi connectivity index (χ0v) is 16.2. The van der Waals surface area contributed by atoms with Crippen molar-refractivity contribution in [3.8, 4) is 0 Å². The van der Waals surface area contributed by atoms with Gasteiger partial charge in [0.2, 0.25) is 15.9 Å². The van der Waals surface area contributed by atoms with Crippen LogP contribution in [0, 0.1) is 0 Å². The van der Waals surface area contributed by atoms with Crippen molar-refractivity contribution < 1.29 is 26.4 Å². The van der Waals surface area contributed by atoms with E-state index in [0.717, 1.165) is 35.7 Å². The SMILES string of the molecule is CCc1ccc(C(C)NC(=O)CNS(=O)(=O)c2cccc(C(F)(F)F)c2)cc1. The van der Waals surface area contributed by atoms with Crippen molar-refractivity contribution >= 4 is 15.9 Å². The first kappa shape index (κ1) is 21.9. The van der Waals surface area contributed by atoms with Gasteiger partial charge in [-0.3, -0.25) is 4.79 Å². The highest BCUT2D eigenvalue weighted by atomic mass is 32.2. The molecule has 1 unspecified atom stereocenters. The number of aryl methyl sites for hydroxylation is 1. The van der Waals surface area contributed by atoms with Crippen molar-refractivity contribution in [1.82, 2.24) is 10.0 Å². The summed E-state index contributed by atoms with van der Waals surface area (Å²) in [7, 11) is -4.26. The second-order valence-corrected chi connectivity index (χ2v) is 8.00. The van der Waals surface area contributed by atoms with Crippen LogP contribution >= 0.6 is 0 Å². The smallest absolute Gasteiger partial charge is 0.348 e. The van der Waals surface area contributed by atoms with Crippen LogP contribution in [-0.2, 0) is 27.4 Å². The molecule has 0 fully saturated rings. The second kappa shape index (κ2) is 8.74. The highest BCUT2D eigenvalue weighted by Gasteiger charge is 2.31. The summed E-state index contributed by atoms with van der Waals surface area (Å²) in [6.45, 7) is 3.19. The molecule has 1 amide bonds. The van der Waals surface area contributed by atoms with Crippen LogP contribution in [-0.4, -0.2) is 20.9 Å². The summed E-state index contributed by atoms with van der Waals surface area (Å²) in [5.74, 6) is -0.595. The maximum Gasteiger partial charge on any atom is 0.416 e. The summed E-state index contributed by atoms with van der Waals surface area (Å²) >= 11 is 0. The van der Waals surface area contributed by atoms with Gasteiger partial charge in [0.15, 0.2) is 0 Å². The maximum absolute atomic E-state index is 12.7. The Balaban J connectivity index is 1.99. The van der Waals surface area contributed by atoms with Gasteiger partial charge < -0.3 is 5.32 Å². The predicted molar refractivity (Wildman–Crippen MR) is 99.0 cm³/mol. The van der Waals surface area contributed by atoms with Crippen LogP contribution in [0.25, 0.3) is 0 Å². The minimum atomic E-state index is -4.66. The summed E-state index contributed by atoms with van der Waals surface area (Å²) < 4.78 is 64.6. The highest BCUT2D eigenvalue weighted by Crippen LogP contribution is 2.30. The summed E-state index contributed by atoms with van der Waals surface area (Å²) in [4.78, 5) is 11.5. The van der Waals surface area contributed by atoms with Crippen LogP contribution in [0.4, 0.5) is 13.2 Å². The molecule has 0 aliphatic rings. The van der Waals surface area contributed by atoms with Crippen LogP contribution in [0.1, 0.15) is 36.6 Å². The fourth-order valence-electron chi connectivity index (χ4n) is 2.50. The van der Waals surface area contributed by atoms with Gasteiger partial charge in [0.05, 0.1) is 23.0 Å². The average Bonchev–Trinajstić information content (AvgIpc) is 2.66. The Kier molecular flexibility index (Phi) is 6.84. The standard InChI is InChI=1S/C19H21F3N2O3S/c1-3-14-7-9-15(10-8-14)13(2)24-18(25)12-23-28(26,27)17-6-4-5-16(11-17)19(20,21)22/h4-11,13,23H,3,12H2,1-2H3,(H,24,25). The average molecular weight is 414 g/mol. The molecule has 2 N–H and O–H groups in total. The first-order valence-electron chi connectivity index (χ1n) is 8.58. The van der Waals surface area contributed by atoms with Gasteiger partial charge in [-0.15, -0.1) is 0 Å². The van der Waals surface area contributed by atoms with E-state index in [1.165, 1.54) is 0 Å². The molecule has 28 heavy (non-hydrogen) atoms. The van der Waals surface area contributed by atoms with Gasteiger partial charge >= 0.3 is 6.18 Å². The topological polar surface area (TPSA) is 75.3 Å². The molecule has 152 valence electrons. The van der Waals surface area contributed by atoms with Gasteiger partial charge in [0.1, 0.15) is 0 Å². The van der Waals surface area contributed by atoms with E-state index in [4.69, 9.17) is 0 Å². The Hall–Kier alpha value is -2.39. The number of carbonyl (C=O) groups is 1. The second-order valence-electron chi connectivity index (χ2n) is 6.23. The summed E-state index contributed by atoms with van der Waals surface area (Å²) in [6.07, 6.45) is -3.77. The minimum absolute atomic E-state index is 0.350. The molecule has 0 aliphatic heterocycles. The third kappa shape index (κ3) is 5.80. The lowest BCUT2D eigenvalue weighted by atomic mass is 10.1. The van der Waals surface area contributed by atoms with Gasteiger partial charge in [-0.25, -0.2) is 13.1 Å². The number of rotatable bonds is 7. The van der Waals surface area contributed by atoms with Crippen molar-refractivity contribution in [2.24, 2.45) is 0 Å². The summed E-state index contributed by atoms with van der Waals surface area (Å²) in [5.41, 5.74) is 0.923. The van der Waals surface area contributed by atoms with E-state index in [2.05, 4.69) is 5.32 Å². The van der Waals surface area contributed by atoms with E-state index in [1.54, 1.807) is 6.92 Å². The fourth-order valence-corrected chi connectivity index (χ4v) is 3.53. The molecule has 2 aromatic rings. The lowest BCUT2D eigenvalue weighted by Crippen LogP contribution is -2.38. The molecular formula is C19H21F3N2O3S. The van der Waals surface area contributed by atoms with Crippen LogP contribution in [0.3, 0.4) is 0 Å². The van der Waals surface area contributed by atoms with Crippen molar-refractivity contribution in [1.29, 1.82) is 0 Å². The molecule has 2 aromatic carbocycles. The van der Waals surface area contributed by atoms with E-state index in [-0.39, 0.29) is 6.04 Å². The predicted octanol–water partition coefficient (Wildman–Crippen LogP) is 3.42. The van der Waals surface area contributed by atoms with Gasteiger partial charge in [-0.1, -0.05) is 37.3 Å². The molecule has 0 saturated heterocycles. The molecule has 2 rings (SSSR count). The van der Waals surface area contributed by atoms with Gasteiger partial charge in [0.25, 0.3) is 0 Å². The first-order chi connectivity index (χ1) is 13.0. The van der Waals surface area contributed by atoms with Crippen LogP contribution in [0.5, 0.6) is 0 Å². The molecule has 0 saturated carbocycles. The number of nitrogens with one attached hydrogen (secondary N) is 2. The monoisotopic (exact) mass is 414 g/mol. The van der Waals surface area contributed by atoms with E-state index in [0.29, 0.717) is 6.07 Å². The molecule has 0 aromatic heterocycles. The van der Waals surface area contributed by atoms with E-state index in [1.807, 2.05) is 35.9 Å². The summed E-state index contributed by atoms with van der Waals surface area (Å²) in [5, 5.41) is 2.65. The van der Waals surface area contributed by atoms with E-state index < -0.39 is 39.1 Å². The van der Waals surface area contributed by atoms with Crippen molar-refractivity contribution in [2.75, 3.05) is 6.54 Å². The molecule has 0 radical (unpaired) electrons. The molecule has 5 nitrogen and oxygen atoms in total. The molecule has 9 heteroatoms. The third-order valence-corrected chi connectivity index (χ3v) is 5.56. The van der Waals surface area contributed by atoms with E-state index in [9.17, 15) is 26.4 Å². The first-order valence-corrected chi connectivity index (χ1v) is 10.1. The molecule has 0 aliphatic carbocycles. The molecule has 0 heterocycles. The third-order valence-electron chi connectivity index (χ3n) is 4.16. The van der Waals surface area contributed by atoms with Gasteiger partial charge in [-0.05, 0) is 42.7 Å². The Bertz CT molecular complexity index is 926. The molecular weight excluding hydrogens is 393 g/mol. The Labute approximate surface area is 162 Å². The molecule has 0 spiro atoms. The Morgan fingerprint density at radius 1 is 1.11 bits per heavy atom. The Morgan fingerprint density at radius 3 is 2.32 bits per heavy atom. The lowest BCUT2D eigenvalue weighted by molar-refractivity contribution is -0.137. The normalized spacial score (nSPS) is 13.2.